The monoisotopic (exact) mass is 244 g/mol. The molecule has 0 aliphatic carbocycles. The molecule has 1 aromatic heterocycles. The van der Waals surface area contributed by atoms with E-state index in [1.54, 1.807) is 6.20 Å². The normalized spacial score (nSPS) is 10.6. The molecule has 0 amide bonds. The lowest BCUT2D eigenvalue weighted by molar-refractivity contribution is 0.137. The highest BCUT2D eigenvalue weighted by Gasteiger charge is 2.10. The van der Waals surface area contributed by atoms with E-state index in [2.05, 4.69) is 5.10 Å². The number of rotatable bonds is 3. The molecule has 0 saturated heterocycles. The van der Waals surface area contributed by atoms with Gasteiger partial charge in [-0.2, -0.15) is 9.78 Å². The van der Waals surface area contributed by atoms with E-state index in [1.165, 1.54) is 4.68 Å². The topological polar surface area (TPSA) is 44.1 Å². The van der Waals surface area contributed by atoms with E-state index in [0.29, 0.717) is 5.92 Å². The number of aromatic nitrogens is 2. The molecule has 0 aliphatic heterocycles. The van der Waals surface area contributed by atoms with Crippen molar-refractivity contribution in [3.63, 3.8) is 0 Å². The average Bonchev–Trinajstić information content (AvgIpc) is 2.87. The van der Waals surface area contributed by atoms with Crippen LogP contribution in [0, 0.1) is 0 Å². The maximum absolute atomic E-state index is 11.7. The predicted molar refractivity (Wildman–Crippen MR) is 68.3 cm³/mol. The summed E-state index contributed by atoms with van der Waals surface area (Å²) in [4.78, 5) is 11.7. The quantitative estimate of drug-likeness (QED) is 0.832. The Morgan fingerprint density at radius 1 is 1.28 bits per heavy atom. The fourth-order valence-corrected chi connectivity index (χ4v) is 1.53. The molecule has 0 atom stereocenters. The van der Waals surface area contributed by atoms with Crippen LogP contribution in [-0.4, -0.2) is 15.9 Å². The van der Waals surface area contributed by atoms with Crippen molar-refractivity contribution in [1.29, 1.82) is 0 Å². The summed E-state index contributed by atoms with van der Waals surface area (Å²) in [6.45, 7) is 4.32. The maximum atomic E-state index is 11.7. The summed E-state index contributed by atoms with van der Waals surface area (Å²) in [5, 5.41) is 4.16. The van der Waals surface area contributed by atoms with Gasteiger partial charge in [-0.15, -0.1) is 0 Å². The van der Waals surface area contributed by atoms with Gasteiger partial charge in [-0.3, -0.25) is 0 Å². The third-order valence-corrected chi connectivity index (χ3v) is 2.59. The molecule has 2 aromatic rings. The summed E-state index contributed by atoms with van der Waals surface area (Å²) in [7, 11) is 0. The SMILES string of the molecule is CC(C)c1ccn(C(=O)OCc2ccccc2)n1. The first-order valence-corrected chi connectivity index (χ1v) is 5.93. The Balaban J connectivity index is 1.95. The molecule has 4 nitrogen and oxygen atoms in total. The van der Waals surface area contributed by atoms with Crippen molar-refractivity contribution in [2.24, 2.45) is 0 Å². The number of hydrogen-bond acceptors (Lipinski definition) is 3. The lowest BCUT2D eigenvalue weighted by atomic mass is 10.1. The molecule has 0 aliphatic rings. The van der Waals surface area contributed by atoms with E-state index in [9.17, 15) is 4.79 Å². The van der Waals surface area contributed by atoms with Crippen molar-refractivity contribution in [3.8, 4) is 0 Å². The Labute approximate surface area is 106 Å². The predicted octanol–water partition coefficient (Wildman–Crippen LogP) is 3.19. The highest BCUT2D eigenvalue weighted by atomic mass is 16.6. The van der Waals surface area contributed by atoms with Crippen molar-refractivity contribution < 1.29 is 9.53 Å². The summed E-state index contributed by atoms with van der Waals surface area (Å²) in [5.41, 5.74) is 1.84. The van der Waals surface area contributed by atoms with Crippen LogP contribution in [0.1, 0.15) is 31.0 Å². The first kappa shape index (κ1) is 12.4. The molecule has 18 heavy (non-hydrogen) atoms. The van der Waals surface area contributed by atoms with Crippen LogP contribution in [0.5, 0.6) is 0 Å². The summed E-state index contributed by atoms with van der Waals surface area (Å²) in [6.07, 6.45) is 1.17. The molecule has 0 bridgehead atoms. The van der Waals surface area contributed by atoms with E-state index in [1.807, 2.05) is 50.2 Å². The van der Waals surface area contributed by atoms with Crippen molar-refractivity contribution in [1.82, 2.24) is 9.78 Å². The second-order valence-corrected chi connectivity index (χ2v) is 4.38. The largest absolute Gasteiger partial charge is 0.443 e. The fourth-order valence-electron chi connectivity index (χ4n) is 1.53. The van der Waals surface area contributed by atoms with E-state index >= 15 is 0 Å². The standard InChI is InChI=1S/C14H16N2O2/c1-11(2)13-8-9-16(15-13)14(17)18-10-12-6-4-3-5-7-12/h3-9,11H,10H2,1-2H3. The molecule has 0 spiro atoms. The molecular formula is C14H16N2O2. The molecular weight excluding hydrogens is 228 g/mol. The van der Waals surface area contributed by atoms with Gasteiger partial charge < -0.3 is 4.74 Å². The second kappa shape index (κ2) is 5.49. The van der Waals surface area contributed by atoms with Gasteiger partial charge in [-0.1, -0.05) is 44.2 Å². The molecule has 4 heteroatoms. The second-order valence-electron chi connectivity index (χ2n) is 4.38. The first-order valence-electron chi connectivity index (χ1n) is 5.93. The minimum absolute atomic E-state index is 0.260. The summed E-state index contributed by atoms with van der Waals surface area (Å²) < 4.78 is 6.40. The van der Waals surface area contributed by atoms with Gasteiger partial charge in [0.1, 0.15) is 6.61 Å². The number of carbonyl (C=O) groups excluding carboxylic acids is 1. The smallest absolute Gasteiger partial charge is 0.435 e. The molecule has 0 unspecified atom stereocenters. The number of hydrogen-bond donors (Lipinski definition) is 0. The Bertz CT molecular complexity index is 518. The van der Waals surface area contributed by atoms with Crippen LogP contribution in [0.2, 0.25) is 0 Å². The average molecular weight is 244 g/mol. The Hall–Kier alpha value is -2.10. The number of nitrogens with zero attached hydrogens (tertiary/aromatic N) is 2. The molecule has 0 saturated carbocycles. The highest BCUT2D eigenvalue weighted by Crippen LogP contribution is 2.10. The summed E-state index contributed by atoms with van der Waals surface area (Å²) >= 11 is 0. The first-order chi connectivity index (χ1) is 8.66. The number of ether oxygens (including phenoxy) is 1. The van der Waals surface area contributed by atoms with Crippen LogP contribution < -0.4 is 0 Å². The lowest BCUT2D eigenvalue weighted by Crippen LogP contribution is -2.14. The van der Waals surface area contributed by atoms with Crippen LogP contribution in [0.25, 0.3) is 0 Å². The fraction of sp³-hybridized carbons (Fsp3) is 0.286. The number of benzene rings is 1. The Kier molecular flexibility index (Phi) is 3.77. The molecule has 0 fully saturated rings. The minimum atomic E-state index is -0.453. The molecule has 1 heterocycles. The zero-order chi connectivity index (χ0) is 13.0. The van der Waals surface area contributed by atoms with Gasteiger partial charge >= 0.3 is 6.09 Å². The summed E-state index contributed by atoms with van der Waals surface area (Å²) in [5.74, 6) is 0.299. The van der Waals surface area contributed by atoms with Crippen molar-refractivity contribution in [2.75, 3.05) is 0 Å². The Morgan fingerprint density at radius 3 is 2.61 bits per heavy atom. The van der Waals surface area contributed by atoms with Gasteiger partial charge in [0.15, 0.2) is 0 Å². The molecule has 94 valence electrons. The molecule has 1 aromatic carbocycles. The van der Waals surface area contributed by atoms with Crippen LogP contribution in [-0.2, 0) is 11.3 Å². The van der Waals surface area contributed by atoms with Crippen LogP contribution in [0.3, 0.4) is 0 Å². The maximum Gasteiger partial charge on any atom is 0.435 e. The van der Waals surface area contributed by atoms with Gasteiger partial charge in [0.05, 0.1) is 5.69 Å². The van der Waals surface area contributed by atoms with Crippen LogP contribution in [0.15, 0.2) is 42.6 Å². The number of carbonyl (C=O) groups is 1. The third kappa shape index (κ3) is 2.97. The summed E-state index contributed by atoms with van der Waals surface area (Å²) in [6, 6.07) is 11.4. The van der Waals surface area contributed by atoms with E-state index in [4.69, 9.17) is 4.74 Å². The lowest BCUT2D eigenvalue weighted by Gasteiger charge is -2.04. The highest BCUT2D eigenvalue weighted by molar-refractivity contribution is 5.69. The zero-order valence-corrected chi connectivity index (χ0v) is 10.5. The molecule has 2 rings (SSSR count). The van der Waals surface area contributed by atoms with Gasteiger partial charge in [-0.25, -0.2) is 4.79 Å². The van der Waals surface area contributed by atoms with Crippen molar-refractivity contribution in [2.45, 2.75) is 26.4 Å². The van der Waals surface area contributed by atoms with Crippen LogP contribution >= 0.6 is 0 Å². The van der Waals surface area contributed by atoms with Gasteiger partial charge in [0, 0.05) is 6.20 Å². The third-order valence-electron chi connectivity index (χ3n) is 2.59. The van der Waals surface area contributed by atoms with Gasteiger partial charge in [0.2, 0.25) is 0 Å². The van der Waals surface area contributed by atoms with Crippen LogP contribution in [0.4, 0.5) is 4.79 Å². The van der Waals surface area contributed by atoms with Gasteiger partial charge in [-0.05, 0) is 17.5 Å². The van der Waals surface area contributed by atoms with E-state index < -0.39 is 6.09 Å². The van der Waals surface area contributed by atoms with E-state index in [-0.39, 0.29) is 6.61 Å². The van der Waals surface area contributed by atoms with E-state index in [0.717, 1.165) is 11.3 Å². The van der Waals surface area contributed by atoms with Gasteiger partial charge in [0.25, 0.3) is 0 Å². The van der Waals surface area contributed by atoms with Crippen molar-refractivity contribution in [3.05, 3.63) is 53.9 Å². The zero-order valence-electron chi connectivity index (χ0n) is 10.5. The minimum Gasteiger partial charge on any atom is -0.443 e. The Morgan fingerprint density at radius 2 is 2.00 bits per heavy atom. The molecule has 0 N–H and O–H groups in total. The van der Waals surface area contributed by atoms with Crippen molar-refractivity contribution >= 4 is 6.09 Å². The molecule has 0 radical (unpaired) electrons.